The van der Waals surface area contributed by atoms with Crippen LogP contribution in [0.15, 0.2) is 35.7 Å². The van der Waals surface area contributed by atoms with E-state index in [0.29, 0.717) is 24.3 Å². The van der Waals surface area contributed by atoms with Crippen molar-refractivity contribution in [1.82, 2.24) is 4.90 Å². The van der Waals surface area contributed by atoms with Crippen LogP contribution >= 0.6 is 11.3 Å². The number of rotatable bonds is 3. The van der Waals surface area contributed by atoms with Gasteiger partial charge in [-0.2, -0.15) is 0 Å². The van der Waals surface area contributed by atoms with Crippen molar-refractivity contribution in [2.45, 2.75) is 24.9 Å². The molecule has 1 fully saturated rings. The van der Waals surface area contributed by atoms with Gasteiger partial charge in [-0.15, -0.1) is 11.3 Å². The average molecular weight is 421 g/mol. The first kappa shape index (κ1) is 19.4. The SMILES string of the molecule is CN(c1ccc(C(=O)N2CCC3(CC2)OCCc2ccsc23)cc1)S(C)(=O)=O. The summed E-state index contributed by atoms with van der Waals surface area (Å²) in [5.74, 6) is -0.0226. The van der Waals surface area contributed by atoms with E-state index in [-0.39, 0.29) is 11.5 Å². The van der Waals surface area contributed by atoms with Crippen molar-refractivity contribution in [3.8, 4) is 0 Å². The number of benzene rings is 1. The first-order valence-corrected chi connectivity index (χ1v) is 12.1. The molecule has 28 heavy (non-hydrogen) atoms. The summed E-state index contributed by atoms with van der Waals surface area (Å²) in [4.78, 5) is 16.1. The fourth-order valence-electron chi connectivity index (χ4n) is 3.98. The molecule has 1 amide bonds. The molecule has 2 aliphatic rings. The number of amides is 1. The molecule has 1 saturated heterocycles. The third-order valence-corrected chi connectivity index (χ3v) is 8.09. The molecule has 150 valence electrons. The van der Waals surface area contributed by atoms with Crippen LogP contribution in [0.3, 0.4) is 0 Å². The van der Waals surface area contributed by atoms with Crippen LogP contribution in [0.1, 0.15) is 33.6 Å². The molecule has 0 bridgehead atoms. The number of carbonyl (C=O) groups excluding carboxylic acids is 1. The van der Waals surface area contributed by atoms with Crippen LogP contribution in [-0.4, -0.2) is 52.2 Å². The Kier molecular flexibility index (Phi) is 4.97. The molecule has 0 unspecified atom stereocenters. The summed E-state index contributed by atoms with van der Waals surface area (Å²) in [7, 11) is -1.82. The van der Waals surface area contributed by atoms with E-state index in [1.807, 2.05) is 4.90 Å². The molecule has 0 radical (unpaired) electrons. The van der Waals surface area contributed by atoms with E-state index < -0.39 is 10.0 Å². The predicted octanol–water partition coefficient (Wildman–Crippen LogP) is 2.85. The number of carbonyl (C=O) groups is 1. The second kappa shape index (κ2) is 7.17. The Morgan fingerprint density at radius 3 is 2.50 bits per heavy atom. The molecule has 1 spiro atoms. The fourth-order valence-corrected chi connectivity index (χ4v) is 5.66. The minimum atomic E-state index is -3.32. The Labute approximate surface area is 169 Å². The monoisotopic (exact) mass is 420 g/mol. The number of nitrogens with zero attached hydrogens (tertiary/aromatic N) is 2. The molecular weight excluding hydrogens is 396 g/mol. The van der Waals surface area contributed by atoms with Gasteiger partial charge in [0.2, 0.25) is 10.0 Å². The van der Waals surface area contributed by atoms with Crippen molar-refractivity contribution < 1.29 is 17.9 Å². The molecular formula is C20H24N2O4S2. The van der Waals surface area contributed by atoms with Gasteiger partial charge in [0.15, 0.2) is 0 Å². The molecule has 1 aromatic heterocycles. The van der Waals surface area contributed by atoms with Crippen LogP contribution in [0.5, 0.6) is 0 Å². The van der Waals surface area contributed by atoms with Crippen LogP contribution in [0, 0.1) is 0 Å². The summed E-state index contributed by atoms with van der Waals surface area (Å²) in [5, 5.41) is 2.13. The lowest BCUT2D eigenvalue weighted by Crippen LogP contribution is -2.47. The van der Waals surface area contributed by atoms with E-state index >= 15 is 0 Å². The minimum absolute atomic E-state index is 0.0226. The van der Waals surface area contributed by atoms with Gasteiger partial charge in [0.25, 0.3) is 5.91 Å². The zero-order valence-electron chi connectivity index (χ0n) is 16.1. The highest BCUT2D eigenvalue weighted by Gasteiger charge is 2.42. The molecule has 2 aromatic rings. The fraction of sp³-hybridized carbons (Fsp3) is 0.450. The largest absolute Gasteiger partial charge is 0.369 e. The number of thiophene rings is 1. The lowest BCUT2D eigenvalue weighted by atomic mass is 9.85. The van der Waals surface area contributed by atoms with Gasteiger partial charge < -0.3 is 9.64 Å². The van der Waals surface area contributed by atoms with E-state index in [2.05, 4.69) is 11.4 Å². The zero-order valence-corrected chi connectivity index (χ0v) is 17.7. The predicted molar refractivity (Wildman–Crippen MR) is 110 cm³/mol. The van der Waals surface area contributed by atoms with Gasteiger partial charge in [0, 0.05) is 30.6 Å². The van der Waals surface area contributed by atoms with Gasteiger partial charge in [0.1, 0.15) is 5.60 Å². The van der Waals surface area contributed by atoms with E-state index in [0.717, 1.165) is 32.1 Å². The van der Waals surface area contributed by atoms with Crippen LogP contribution in [0.25, 0.3) is 0 Å². The number of piperidine rings is 1. The Morgan fingerprint density at radius 2 is 1.86 bits per heavy atom. The number of sulfonamides is 1. The molecule has 8 heteroatoms. The van der Waals surface area contributed by atoms with Gasteiger partial charge in [-0.25, -0.2) is 8.42 Å². The summed E-state index contributed by atoms with van der Waals surface area (Å²) in [6.07, 6.45) is 3.74. The van der Waals surface area contributed by atoms with Crippen LogP contribution in [0.4, 0.5) is 5.69 Å². The first-order valence-electron chi connectivity index (χ1n) is 9.34. The van der Waals surface area contributed by atoms with Crippen molar-refractivity contribution in [2.24, 2.45) is 0 Å². The standard InChI is InChI=1S/C20H24N2O4S2/c1-21(28(2,24)25)17-5-3-16(4-6-17)19(23)22-11-9-20(10-12-22)18-15(7-13-26-20)8-14-27-18/h3-6,8,14H,7,9-13H2,1-2H3. The molecule has 0 atom stereocenters. The highest BCUT2D eigenvalue weighted by molar-refractivity contribution is 7.92. The Hall–Kier alpha value is -1.90. The smallest absolute Gasteiger partial charge is 0.253 e. The summed E-state index contributed by atoms with van der Waals surface area (Å²) in [6, 6.07) is 8.91. The van der Waals surface area contributed by atoms with E-state index in [4.69, 9.17) is 4.74 Å². The van der Waals surface area contributed by atoms with Gasteiger partial charge in [-0.1, -0.05) is 0 Å². The maximum Gasteiger partial charge on any atom is 0.253 e. The van der Waals surface area contributed by atoms with Crippen LogP contribution in [0.2, 0.25) is 0 Å². The van der Waals surface area contributed by atoms with E-state index in [1.165, 1.54) is 21.8 Å². The second-order valence-electron chi connectivity index (χ2n) is 7.44. The molecule has 4 rings (SSSR count). The molecule has 6 nitrogen and oxygen atoms in total. The first-order chi connectivity index (χ1) is 13.3. The lowest BCUT2D eigenvalue weighted by molar-refractivity contribution is -0.0906. The average Bonchev–Trinajstić information content (AvgIpc) is 3.17. The topological polar surface area (TPSA) is 66.9 Å². The summed E-state index contributed by atoms with van der Waals surface area (Å²) in [5.41, 5.74) is 2.27. The molecule has 2 aliphatic heterocycles. The Morgan fingerprint density at radius 1 is 1.18 bits per heavy atom. The van der Waals surface area contributed by atoms with E-state index in [9.17, 15) is 13.2 Å². The molecule has 0 N–H and O–H groups in total. The maximum absolute atomic E-state index is 12.9. The zero-order chi connectivity index (χ0) is 19.9. The van der Waals surface area contributed by atoms with Crippen LogP contribution in [-0.2, 0) is 26.8 Å². The van der Waals surface area contributed by atoms with Crippen molar-refractivity contribution >= 4 is 33.0 Å². The van der Waals surface area contributed by atoms with Gasteiger partial charge in [-0.05, 0) is 60.5 Å². The summed E-state index contributed by atoms with van der Waals surface area (Å²) < 4.78 is 30.7. The number of hydrogen-bond donors (Lipinski definition) is 0. The Bertz CT molecular complexity index is 974. The summed E-state index contributed by atoms with van der Waals surface area (Å²) in [6.45, 7) is 2.05. The van der Waals surface area contributed by atoms with Crippen molar-refractivity contribution in [1.29, 1.82) is 0 Å². The Balaban J connectivity index is 1.45. The van der Waals surface area contributed by atoms with E-state index in [1.54, 1.807) is 35.6 Å². The van der Waals surface area contributed by atoms with Crippen molar-refractivity contribution in [2.75, 3.05) is 37.3 Å². The van der Waals surface area contributed by atoms with Gasteiger partial charge in [0.05, 0.1) is 18.6 Å². The summed E-state index contributed by atoms with van der Waals surface area (Å²) >= 11 is 1.76. The molecule has 3 heterocycles. The number of anilines is 1. The highest BCUT2D eigenvalue weighted by atomic mass is 32.2. The van der Waals surface area contributed by atoms with Gasteiger partial charge in [-0.3, -0.25) is 9.10 Å². The van der Waals surface area contributed by atoms with Crippen molar-refractivity contribution in [3.63, 3.8) is 0 Å². The number of hydrogen-bond acceptors (Lipinski definition) is 5. The lowest BCUT2D eigenvalue weighted by Gasteiger charge is -2.43. The number of fused-ring (bicyclic) bond motifs is 2. The maximum atomic E-state index is 12.9. The molecule has 1 aromatic carbocycles. The third kappa shape index (κ3) is 3.44. The normalized spacial score (nSPS) is 18.7. The second-order valence-corrected chi connectivity index (χ2v) is 10.4. The van der Waals surface area contributed by atoms with Gasteiger partial charge >= 0.3 is 0 Å². The minimum Gasteiger partial charge on any atom is -0.369 e. The van der Waals surface area contributed by atoms with Crippen molar-refractivity contribution in [3.05, 3.63) is 51.7 Å². The number of ether oxygens (including phenoxy) is 1. The highest BCUT2D eigenvalue weighted by Crippen LogP contribution is 2.44. The molecule has 0 aliphatic carbocycles. The quantitative estimate of drug-likeness (QED) is 0.766. The molecule has 0 saturated carbocycles. The number of likely N-dealkylation sites (tertiary alicyclic amines) is 1. The third-order valence-electron chi connectivity index (χ3n) is 5.74. The van der Waals surface area contributed by atoms with Crippen LogP contribution < -0.4 is 4.31 Å².